The molecule has 0 fully saturated rings. The highest BCUT2D eigenvalue weighted by molar-refractivity contribution is 5.27. The fourth-order valence-electron chi connectivity index (χ4n) is 2.12. The number of pyridine rings is 1. The van der Waals surface area contributed by atoms with Crippen LogP contribution >= 0.6 is 0 Å². The summed E-state index contributed by atoms with van der Waals surface area (Å²) in [5.74, 6) is 5.71. The number of aryl methyl sites for hydroxylation is 2. The smallest absolute Gasteiger partial charge is 0.0676 e. The van der Waals surface area contributed by atoms with Crippen LogP contribution < -0.4 is 11.3 Å². The van der Waals surface area contributed by atoms with Gasteiger partial charge in [0.1, 0.15) is 0 Å². The maximum absolute atomic E-state index is 5.71. The van der Waals surface area contributed by atoms with Crippen LogP contribution in [0.15, 0.2) is 30.6 Å². The number of hydrazine groups is 1. The van der Waals surface area contributed by atoms with Gasteiger partial charge in [0.05, 0.1) is 17.4 Å². The molecule has 0 aromatic carbocycles. The molecule has 0 aliphatic heterocycles. The Morgan fingerprint density at radius 3 is 2.63 bits per heavy atom. The van der Waals surface area contributed by atoms with Gasteiger partial charge in [-0.25, -0.2) is 0 Å². The van der Waals surface area contributed by atoms with Crippen LogP contribution in [0, 0.1) is 6.92 Å². The third-order valence-electron chi connectivity index (χ3n) is 3.13. The van der Waals surface area contributed by atoms with E-state index in [0.717, 1.165) is 29.8 Å². The van der Waals surface area contributed by atoms with Crippen LogP contribution in [-0.4, -0.2) is 15.2 Å². The lowest BCUT2D eigenvalue weighted by Gasteiger charge is -2.19. The Bertz CT molecular complexity index is 527. The summed E-state index contributed by atoms with van der Waals surface area (Å²) in [6, 6.07) is 6.08. The van der Waals surface area contributed by atoms with Crippen molar-refractivity contribution in [2.24, 2.45) is 5.84 Å². The number of hydrogen-bond donors (Lipinski definition) is 2. The first-order valence-corrected chi connectivity index (χ1v) is 6.42. The molecule has 1 atom stereocenters. The summed E-state index contributed by atoms with van der Waals surface area (Å²) < 4.78 is 0. The van der Waals surface area contributed by atoms with Crippen molar-refractivity contribution in [1.29, 1.82) is 0 Å². The fraction of sp³-hybridized carbons (Fsp3) is 0.357. The molecule has 0 radical (unpaired) electrons. The van der Waals surface area contributed by atoms with Crippen molar-refractivity contribution in [3.63, 3.8) is 0 Å². The largest absolute Gasteiger partial charge is 0.271 e. The van der Waals surface area contributed by atoms with Crippen molar-refractivity contribution in [3.8, 4) is 0 Å². The molecule has 0 saturated carbocycles. The Labute approximate surface area is 113 Å². The summed E-state index contributed by atoms with van der Waals surface area (Å²) in [5.41, 5.74) is 7.08. The number of hydrogen-bond acceptors (Lipinski definition) is 5. The Balaban J connectivity index is 2.29. The van der Waals surface area contributed by atoms with Gasteiger partial charge in [-0.3, -0.25) is 16.3 Å². The number of nitrogens with two attached hydrogens (primary N) is 1. The average molecular weight is 257 g/mol. The Morgan fingerprint density at radius 2 is 2.00 bits per heavy atom. The summed E-state index contributed by atoms with van der Waals surface area (Å²) in [5, 5.41) is 8.36. The highest BCUT2D eigenvalue weighted by Gasteiger charge is 2.15. The van der Waals surface area contributed by atoms with Gasteiger partial charge in [0, 0.05) is 12.4 Å². The van der Waals surface area contributed by atoms with E-state index >= 15 is 0 Å². The van der Waals surface area contributed by atoms with E-state index in [9.17, 15) is 0 Å². The normalized spacial score (nSPS) is 12.4. The quantitative estimate of drug-likeness (QED) is 0.627. The Morgan fingerprint density at radius 1 is 1.26 bits per heavy atom. The number of aromatic nitrogens is 3. The van der Waals surface area contributed by atoms with E-state index in [0.29, 0.717) is 0 Å². The number of rotatable bonds is 5. The van der Waals surface area contributed by atoms with Crippen molar-refractivity contribution in [2.45, 2.75) is 32.7 Å². The van der Waals surface area contributed by atoms with Gasteiger partial charge in [-0.2, -0.15) is 10.2 Å². The van der Waals surface area contributed by atoms with Crippen LogP contribution in [0.2, 0.25) is 0 Å². The van der Waals surface area contributed by atoms with Crippen molar-refractivity contribution in [3.05, 3.63) is 53.1 Å². The molecule has 0 amide bonds. The standard InChI is InChI=1S/C14H19N5/c1-3-13-12(8-10(2)18-19-13)14(17-15)9-11-4-6-16-7-5-11/h4-8,14,17H,3,9,15H2,1-2H3. The molecule has 2 rings (SSSR count). The first-order valence-electron chi connectivity index (χ1n) is 6.42. The lowest BCUT2D eigenvalue weighted by Crippen LogP contribution is -2.30. The third kappa shape index (κ3) is 3.33. The van der Waals surface area contributed by atoms with E-state index in [4.69, 9.17) is 5.84 Å². The van der Waals surface area contributed by atoms with Crippen LogP contribution in [0.25, 0.3) is 0 Å². The minimum Gasteiger partial charge on any atom is -0.271 e. The van der Waals surface area contributed by atoms with Crippen molar-refractivity contribution in [1.82, 2.24) is 20.6 Å². The summed E-state index contributed by atoms with van der Waals surface area (Å²) in [7, 11) is 0. The molecule has 2 aromatic rings. The first kappa shape index (κ1) is 13.6. The van der Waals surface area contributed by atoms with Crippen LogP contribution in [0.1, 0.15) is 35.5 Å². The van der Waals surface area contributed by atoms with Gasteiger partial charge in [0.2, 0.25) is 0 Å². The predicted molar refractivity (Wildman–Crippen MR) is 74.2 cm³/mol. The van der Waals surface area contributed by atoms with E-state index in [2.05, 4.69) is 33.6 Å². The van der Waals surface area contributed by atoms with Crippen LogP contribution in [-0.2, 0) is 12.8 Å². The maximum Gasteiger partial charge on any atom is 0.0676 e. The summed E-state index contributed by atoms with van der Waals surface area (Å²) >= 11 is 0. The van der Waals surface area contributed by atoms with Gasteiger partial charge in [0.25, 0.3) is 0 Å². The second-order valence-electron chi connectivity index (χ2n) is 4.52. The molecule has 5 nitrogen and oxygen atoms in total. The van der Waals surface area contributed by atoms with Crippen LogP contribution in [0.3, 0.4) is 0 Å². The van der Waals surface area contributed by atoms with Crippen LogP contribution in [0.5, 0.6) is 0 Å². The van der Waals surface area contributed by atoms with Crippen LogP contribution in [0.4, 0.5) is 0 Å². The maximum atomic E-state index is 5.71. The lowest BCUT2D eigenvalue weighted by molar-refractivity contribution is 0.541. The van der Waals surface area contributed by atoms with Gasteiger partial charge < -0.3 is 0 Å². The minimum absolute atomic E-state index is 0.0338. The molecule has 2 heterocycles. The van der Waals surface area contributed by atoms with E-state index in [-0.39, 0.29) is 6.04 Å². The van der Waals surface area contributed by atoms with Gasteiger partial charge in [-0.15, -0.1) is 0 Å². The topological polar surface area (TPSA) is 76.7 Å². The van der Waals surface area contributed by atoms with E-state index < -0.39 is 0 Å². The highest BCUT2D eigenvalue weighted by Crippen LogP contribution is 2.20. The molecular weight excluding hydrogens is 238 g/mol. The molecule has 0 spiro atoms. The zero-order valence-corrected chi connectivity index (χ0v) is 11.3. The molecule has 0 aliphatic carbocycles. The number of nitrogens with one attached hydrogen (secondary N) is 1. The van der Waals surface area contributed by atoms with Gasteiger partial charge in [0.15, 0.2) is 0 Å². The summed E-state index contributed by atoms with van der Waals surface area (Å²) in [4.78, 5) is 4.03. The minimum atomic E-state index is 0.0338. The average Bonchev–Trinajstić information content (AvgIpc) is 2.46. The van der Waals surface area contributed by atoms with Crippen molar-refractivity contribution in [2.75, 3.05) is 0 Å². The summed E-state index contributed by atoms with van der Waals surface area (Å²) in [6.45, 7) is 4.01. The second-order valence-corrected chi connectivity index (χ2v) is 4.52. The number of nitrogens with zero attached hydrogens (tertiary/aromatic N) is 3. The molecule has 5 heteroatoms. The van der Waals surface area contributed by atoms with E-state index in [1.54, 1.807) is 12.4 Å². The highest BCUT2D eigenvalue weighted by atomic mass is 15.2. The van der Waals surface area contributed by atoms with E-state index in [1.807, 2.05) is 19.1 Å². The third-order valence-corrected chi connectivity index (χ3v) is 3.13. The SMILES string of the molecule is CCc1nnc(C)cc1C(Cc1ccncc1)NN. The molecule has 0 bridgehead atoms. The van der Waals surface area contributed by atoms with Gasteiger partial charge >= 0.3 is 0 Å². The van der Waals surface area contributed by atoms with Gasteiger partial charge in [-0.05, 0) is 49.1 Å². The molecule has 0 saturated heterocycles. The van der Waals surface area contributed by atoms with Crippen molar-refractivity contribution < 1.29 is 0 Å². The monoisotopic (exact) mass is 257 g/mol. The van der Waals surface area contributed by atoms with E-state index in [1.165, 1.54) is 5.56 Å². The zero-order valence-electron chi connectivity index (χ0n) is 11.3. The Kier molecular flexibility index (Phi) is 4.54. The fourth-order valence-corrected chi connectivity index (χ4v) is 2.12. The lowest BCUT2D eigenvalue weighted by atomic mass is 9.97. The molecule has 3 N–H and O–H groups in total. The summed E-state index contributed by atoms with van der Waals surface area (Å²) in [6.07, 6.45) is 5.23. The molecular formula is C14H19N5. The molecule has 100 valence electrons. The first-order chi connectivity index (χ1) is 9.24. The molecule has 2 aromatic heterocycles. The molecule has 19 heavy (non-hydrogen) atoms. The molecule has 0 aliphatic rings. The molecule has 1 unspecified atom stereocenters. The Hall–Kier alpha value is -1.85. The van der Waals surface area contributed by atoms with Gasteiger partial charge in [-0.1, -0.05) is 6.92 Å². The predicted octanol–water partition coefficient (Wildman–Crippen LogP) is 1.49. The zero-order chi connectivity index (χ0) is 13.7. The second kappa shape index (κ2) is 6.36. The van der Waals surface area contributed by atoms with Crippen molar-refractivity contribution >= 4 is 0 Å².